The Morgan fingerprint density at radius 3 is 3.00 bits per heavy atom. The van der Waals surface area contributed by atoms with Crippen LogP contribution in [0.25, 0.3) is 0 Å². The zero-order valence-electron chi connectivity index (χ0n) is 11.3. The number of carbonyl (C=O) groups is 1. The van der Waals surface area contributed by atoms with Gasteiger partial charge in [-0.25, -0.2) is 0 Å². The summed E-state index contributed by atoms with van der Waals surface area (Å²) >= 11 is 0. The number of amides is 1. The van der Waals surface area contributed by atoms with Gasteiger partial charge in [-0.1, -0.05) is 12.1 Å². The van der Waals surface area contributed by atoms with Gasteiger partial charge in [-0.15, -0.1) is 0 Å². The van der Waals surface area contributed by atoms with Gasteiger partial charge in [0.05, 0.1) is 25.4 Å². The minimum Gasteiger partial charge on any atom is -0.487 e. The Hall–Kier alpha value is -1.59. The number of fused-ring (bicyclic) bond motifs is 1. The van der Waals surface area contributed by atoms with Gasteiger partial charge in [0.25, 0.3) is 5.91 Å². The van der Waals surface area contributed by atoms with Gasteiger partial charge in [0.1, 0.15) is 18.5 Å². The molecule has 1 aliphatic rings. The normalized spacial score (nSPS) is 17.8. The van der Waals surface area contributed by atoms with Gasteiger partial charge in [0.15, 0.2) is 0 Å². The molecule has 1 aromatic rings. The van der Waals surface area contributed by atoms with Crippen molar-refractivity contribution in [2.75, 3.05) is 38.4 Å². The number of para-hydroxylation sites is 2. The van der Waals surface area contributed by atoms with Crippen molar-refractivity contribution in [1.29, 1.82) is 0 Å². The highest BCUT2D eigenvalue weighted by Gasteiger charge is 2.26. The Morgan fingerprint density at radius 1 is 1.42 bits per heavy atom. The summed E-state index contributed by atoms with van der Waals surface area (Å²) in [5.41, 5.74) is 0.806. The van der Waals surface area contributed by atoms with Crippen LogP contribution < -0.4 is 9.64 Å². The first-order chi connectivity index (χ1) is 9.22. The Morgan fingerprint density at radius 2 is 2.21 bits per heavy atom. The summed E-state index contributed by atoms with van der Waals surface area (Å²) in [4.78, 5) is 13.9. The predicted molar refractivity (Wildman–Crippen MR) is 71.6 cm³/mol. The molecule has 19 heavy (non-hydrogen) atoms. The van der Waals surface area contributed by atoms with Gasteiger partial charge in [-0.05, 0) is 19.1 Å². The number of ether oxygens (including phenoxy) is 3. The molecule has 0 saturated carbocycles. The highest BCUT2D eigenvalue weighted by atomic mass is 16.5. The van der Waals surface area contributed by atoms with E-state index in [0.29, 0.717) is 19.8 Å². The Labute approximate surface area is 113 Å². The van der Waals surface area contributed by atoms with Crippen molar-refractivity contribution in [1.82, 2.24) is 0 Å². The van der Waals surface area contributed by atoms with Crippen molar-refractivity contribution in [3.05, 3.63) is 24.3 Å². The van der Waals surface area contributed by atoms with E-state index < -0.39 is 0 Å². The van der Waals surface area contributed by atoms with E-state index in [0.717, 1.165) is 11.4 Å². The third kappa shape index (κ3) is 3.45. The van der Waals surface area contributed by atoms with Crippen molar-refractivity contribution in [3.8, 4) is 5.75 Å². The summed E-state index contributed by atoms with van der Waals surface area (Å²) in [7, 11) is 1.60. The summed E-state index contributed by atoms with van der Waals surface area (Å²) < 4.78 is 15.9. The number of hydrogen-bond acceptors (Lipinski definition) is 4. The van der Waals surface area contributed by atoms with Gasteiger partial charge in [0.2, 0.25) is 0 Å². The number of nitrogens with zero attached hydrogens (tertiary/aromatic N) is 1. The fourth-order valence-electron chi connectivity index (χ4n) is 2.01. The Balaban J connectivity index is 2.01. The molecule has 0 fully saturated rings. The lowest BCUT2D eigenvalue weighted by atomic mass is 10.2. The first-order valence-corrected chi connectivity index (χ1v) is 6.35. The first kappa shape index (κ1) is 13.8. The smallest absolute Gasteiger partial charge is 0.253 e. The topological polar surface area (TPSA) is 48.0 Å². The van der Waals surface area contributed by atoms with E-state index in [2.05, 4.69) is 0 Å². The van der Waals surface area contributed by atoms with Gasteiger partial charge < -0.3 is 19.1 Å². The van der Waals surface area contributed by atoms with Crippen LogP contribution in [-0.2, 0) is 14.3 Å². The fraction of sp³-hybridized carbons (Fsp3) is 0.500. The summed E-state index contributed by atoms with van der Waals surface area (Å²) in [5.74, 6) is 0.685. The van der Waals surface area contributed by atoms with Crippen LogP contribution in [-0.4, -0.2) is 45.5 Å². The largest absolute Gasteiger partial charge is 0.487 e. The molecule has 0 saturated heterocycles. The van der Waals surface area contributed by atoms with Gasteiger partial charge in [-0.2, -0.15) is 0 Å². The van der Waals surface area contributed by atoms with E-state index in [1.54, 1.807) is 12.0 Å². The summed E-state index contributed by atoms with van der Waals surface area (Å²) in [6.45, 7) is 3.46. The fourth-order valence-corrected chi connectivity index (χ4v) is 2.01. The molecule has 0 spiro atoms. The zero-order chi connectivity index (χ0) is 13.7. The quantitative estimate of drug-likeness (QED) is 0.756. The average molecular weight is 265 g/mol. The lowest BCUT2D eigenvalue weighted by molar-refractivity contribution is -0.124. The third-order valence-electron chi connectivity index (χ3n) is 2.88. The molecule has 5 heteroatoms. The van der Waals surface area contributed by atoms with E-state index in [-0.39, 0.29) is 18.6 Å². The summed E-state index contributed by atoms with van der Waals surface area (Å²) in [6.07, 6.45) is -0.0159. The van der Waals surface area contributed by atoms with Crippen molar-refractivity contribution in [3.63, 3.8) is 0 Å². The number of rotatable bonds is 5. The second kappa shape index (κ2) is 6.54. The van der Waals surface area contributed by atoms with Crippen molar-refractivity contribution >= 4 is 11.6 Å². The van der Waals surface area contributed by atoms with E-state index >= 15 is 0 Å². The number of hydrogen-bond donors (Lipinski definition) is 0. The number of benzene rings is 1. The number of anilines is 1. The second-order valence-electron chi connectivity index (χ2n) is 4.45. The molecular weight excluding hydrogens is 246 g/mol. The number of carbonyl (C=O) groups excluding carboxylic acids is 1. The molecule has 1 aromatic carbocycles. The van der Waals surface area contributed by atoms with E-state index in [1.807, 2.05) is 31.2 Å². The van der Waals surface area contributed by atoms with Crippen molar-refractivity contribution in [2.24, 2.45) is 0 Å². The minimum absolute atomic E-state index is 0.0159. The lowest BCUT2D eigenvalue weighted by Gasteiger charge is -2.33. The van der Waals surface area contributed by atoms with Crippen LogP contribution >= 0.6 is 0 Å². The second-order valence-corrected chi connectivity index (χ2v) is 4.45. The molecule has 104 valence electrons. The van der Waals surface area contributed by atoms with Crippen LogP contribution in [0.2, 0.25) is 0 Å². The Kier molecular flexibility index (Phi) is 4.76. The average Bonchev–Trinajstić information content (AvgIpc) is 2.42. The molecule has 5 nitrogen and oxygen atoms in total. The first-order valence-electron chi connectivity index (χ1n) is 6.35. The maximum atomic E-state index is 12.2. The van der Waals surface area contributed by atoms with Crippen molar-refractivity contribution < 1.29 is 19.0 Å². The van der Waals surface area contributed by atoms with Crippen LogP contribution in [0.5, 0.6) is 5.75 Å². The maximum Gasteiger partial charge on any atom is 0.253 e. The molecule has 0 radical (unpaired) electrons. The molecule has 1 amide bonds. The molecule has 1 atom stereocenters. The van der Waals surface area contributed by atoms with Crippen LogP contribution in [0.15, 0.2) is 24.3 Å². The van der Waals surface area contributed by atoms with Crippen LogP contribution in [0, 0.1) is 0 Å². The van der Waals surface area contributed by atoms with Crippen LogP contribution in [0.1, 0.15) is 6.92 Å². The van der Waals surface area contributed by atoms with Crippen LogP contribution in [0.4, 0.5) is 5.69 Å². The SMILES string of the molecule is COCCOCC(=O)N1CC(C)Oc2ccccc21. The summed E-state index contributed by atoms with van der Waals surface area (Å²) in [6, 6.07) is 7.55. The molecule has 1 heterocycles. The Bertz CT molecular complexity index is 435. The van der Waals surface area contributed by atoms with Crippen molar-refractivity contribution in [2.45, 2.75) is 13.0 Å². The van der Waals surface area contributed by atoms with Gasteiger partial charge in [-0.3, -0.25) is 4.79 Å². The molecule has 0 aromatic heterocycles. The number of methoxy groups -OCH3 is 1. The molecule has 1 unspecified atom stereocenters. The van der Waals surface area contributed by atoms with Crippen LogP contribution in [0.3, 0.4) is 0 Å². The standard InChI is InChI=1S/C14H19NO4/c1-11-9-15(14(16)10-18-8-7-17-2)12-5-3-4-6-13(12)19-11/h3-6,11H,7-10H2,1-2H3. The molecular formula is C14H19NO4. The maximum absolute atomic E-state index is 12.2. The third-order valence-corrected chi connectivity index (χ3v) is 2.88. The van der Waals surface area contributed by atoms with E-state index in [1.165, 1.54) is 0 Å². The van der Waals surface area contributed by atoms with Gasteiger partial charge in [0, 0.05) is 7.11 Å². The van der Waals surface area contributed by atoms with Gasteiger partial charge >= 0.3 is 0 Å². The summed E-state index contributed by atoms with van der Waals surface area (Å²) in [5, 5.41) is 0. The highest BCUT2D eigenvalue weighted by molar-refractivity contribution is 5.96. The molecule has 0 aliphatic carbocycles. The van der Waals surface area contributed by atoms with E-state index in [4.69, 9.17) is 14.2 Å². The zero-order valence-corrected chi connectivity index (χ0v) is 11.3. The molecule has 0 bridgehead atoms. The molecule has 0 N–H and O–H groups in total. The lowest BCUT2D eigenvalue weighted by Crippen LogP contribution is -2.44. The van der Waals surface area contributed by atoms with E-state index in [9.17, 15) is 4.79 Å². The monoisotopic (exact) mass is 265 g/mol. The molecule has 2 rings (SSSR count). The molecule has 1 aliphatic heterocycles. The minimum atomic E-state index is -0.0568. The highest BCUT2D eigenvalue weighted by Crippen LogP contribution is 2.32. The predicted octanol–water partition coefficient (Wildman–Crippen LogP) is 1.46.